The van der Waals surface area contributed by atoms with Gasteiger partial charge in [-0.3, -0.25) is 4.79 Å². The number of amides is 1. The fraction of sp³-hybridized carbons (Fsp3) is 0.923. The number of nitrogens with two attached hydrogens (primary N) is 1. The first-order valence-corrected chi connectivity index (χ1v) is 6.43. The van der Waals surface area contributed by atoms with Crippen LogP contribution in [-0.2, 0) is 9.53 Å². The van der Waals surface area contributed by atoms with Crippen molar-refractivity contribution >= 4 is 5.91 Å². The zero-order valence-corrected chi connectivity index (χ0v) is 12.0. The molecule has 5 heteroatoms. The number of aliphatic hydroxyl groups is 1. The van der Waals surface area contributed by atoms with Gasteiger partial charge in [0.2, 0.25) is 5.91 Å². The number of methoxy groups -OCH3 is 1. The summed E-state index contributed by atoms with van der Waals surface area (Å²) in [4.78, 5) is 11.8. The van der Waals surface area contributed by atoms with Crippen molar-refractivity contribution in [1.82, 2.24) is 5.32 Å². The molecule has 0 aliphatic rings. The Morgan fingerprint density at radius 1 is 1.44 bits per heavy atom. The zero-order chi connectivity index (χ0) is 14.2. The van der Waals surface area contributed by atoms with Crippen LogP contribution in [0.2, 0.25) is 0 Å². The lowest BCUT2D eigenvalue weighted by atomic mass is 9.87. The molecule has 0 rings (SSSR count). The maximum absolute atomic E-state index is 11.8. The van der Waals surface area contributed by atoms with Crippen LogP contribution in [0.5, 0.6) is 0 Å². The highest BCUT2D eigenvalue weighted by Crippen LogP contribution is 2.20. The minimum Gasteiger partial charge on any atom is -0.396 e. The second-order valence-electron chi connectivity index (χ2n) is 5.96. The summed E-state index contributed by atoms with van der Waals surface area (Å²) in [6.07, 6.45) is 1.60. The van der Waals surface area contributed by atoms with Crippen LogP contribution in [0.15, 0.2) is 0 Å². The molecule has 108 valence electrons. The molecule has 0 aliphatic heterocycles. The van der Waals surface area contributed by atoms with Crippen LogP contribution in [0, 0.1) is 5.41 Å². The third-order valence-electron chi connectivity index (χ3n) is 2.53. The maximum Gasteiger partial charge on any atom is 0.221 e. The van der Waals surface area contributed by atoms with Crippen molar-refractivity contribution in [3.63, 3.8) is 0 Å². The van der Waals surface area contributed by atoms with E-state index in [2.05, 4.69) is 26.1 Å². The third-order valence-corrected chi connectivity index (χ3v) is 2.53. The van der Waals surface area contributed by atoms with Gasteiger partial charge in [0.1, 0.15) is 0 Å². The molecule has 0 aromatic rings. The highest BCUT2D eigenvalue weighted by atomic mass is 16.5. The number of rotatable bonds is 8. The van der Waals surface area contributed by atoms with Gasteiger partial charge >= 0.3 is 0 Å². The molecule has 0 aromatic heterocycles. The van der Waals surface area contributed by atoms with Crippen molar-refractivity contribution in [1.29, 1.82) is 0 Å². The lowest BCUT2D eigenvalue weighted by Gasteiger charge is -2.23. The molecule has 1 amide bonds. The Hall–Kier alpha value is -0.650. The highest BCUT2D eigenvalue weighted by Gasteiger charge is 2.19. The van der Waals surface area contributed by atoms with E-state index in [1.807, 2.05) is 0 Å². The minimum atomic E-state index is -0.144. The van der Waals surface area contributed by atoms with E-state index >= 15 is 0 Å². The molecule has 0 bridgehead atoms. The Labute approximate surface area is 110 Å². The van der Waals surface area contributed by atoms with Crippen molar-refractivity contribution < 1.29 is 14.6 Å². The van der Waals surface area contributed by atoms with E-state index in [0.29, 0.717) is 19.4 Å². The summed E-state index contributed by atoms with van der Waals surface area (Å²) in [7, 11) is 1.57. The molecule has 0 saturated carbocycles. The van der Waals surface area contributed by atoms with Gasteiger partial charge in [-0.05, 0) is 18.3 Å². The molecule has 0 aromatic carbocycles. The number of carbonyl (C=O) groups excluding carboxylic acids is 1. The molecule has 0 radical (unpaired) electrons. The second kappa shape index (κ2) is 8.45. The van der Waals surface area contributed by atoms with E-state index < -0.39 is 0 Å². The van der Waals surface area contributed by atoms with Crippen LogP contribution >= 0.6 is 0 Å². The number of nitrogens with one attached hydrogen (secondary N) is 1. The van der Waals surface area contributed by atoms with Gasteiger partial charge in [-0.2, -0.15) is 0 Å². The summed E-state index contributed by atoms with van der Waals surface area (Å²) >= 11 is 0. The Balaban J connectivity index is 4.07. The monoisotopic (exact) mass is 260 g/mol. The summed E-state index contributed by atoms with van der Waals surface area (Å²) in [5, 5.41) is 11.7. The van der Waals surface area contributed by atoms with Gasteiger partial charge < -0.3 is 20.9 Å². The van der Waals surface area contributed by atoms with E-state index in [9.17, 15) is 4.79 Å². The Morgan fingerprint density at radius 2 is 2.06 bits per heavy atom. The predicted octanol–water partition coefficient (Wildman–Crippen LogP) is 0.654. The predicted molar refractivity (Wildman–Crippen MR) is 72.2 cm³/mol. The van der Waals surface area contributed by atoms with Crippen LogP contribution in [-0.4, -0.2) is 43.4 Å². The summed E-state index contributed by atoms with van der Waals surface area (Å²) in [6.45, 7) is 6.74. The first-order valence-electron chi connectivity index (χ1n) is 6.43. The standard InChI is InChI=1S/C13H28N2O3/c1-13(2,3)8-10(14)7-12(17)15-11(5-6-16)9-18-4/h10-11,16H,5-9,14H2,1-4H3,(H,15,17). The lowest BCUT2D eigenvalue weighted by molar-refractivity contribution is -0.122. The van der Waals surface area contributed by atoms with Crippen molar-refractivity contribution in [2.45, 2.75) is 52.1 Å². The Bertz CT molecular complexity index is 233. The second-order valence-corrected chi connectivity index (χ2v) is 5.96. The molecular weight excluding hydrogens is 232 g/mol. The van der Waals surface area contributed by atoms with E-state index in [4.69, 9.17) is 15.6 Å². The van der Waals surface area contributed by atoms with Crippen LogP contribution in [0.4, 0.5) is 0 Å². The average Bonchev–Trinajstić information content (AvgIpc) is 2.14. The van der Waals surface area contributed by atoms with Gasteiger partial charge in [0, 0.05) is 26.2 Å². The summed E-state index contributed by atoms with van der Waals surface area (Å²) in [5.41, 5.74) is 6.06. The molecule has 0 saturated heterocycles. The SMILES string of the molecule is COCC(CCO)NC(=O)CC(N)CC(C)(C)C. The summed E-state index contributed by atoms with van der Waals surface area (Å²) in [5.74, 6) is -0.0812. The van der Waals surface area contributed by atoms with Gasteiger partial charge in [-0.25, -0.2) is 0 Å². The normalized spacial score (nSPS) is 15.2. The number of hydrogen-bond donors (Lipinski definition) is 3. The summed E-state index contributed by atoms with van der Waals surface area (Å²) in [6, 6.07) is -0.281. The number of hydrogen-bond acceptors (Lipinski definition) is 4. The van der Waals surface area contributed by atoms with Crippen LogP contribution in [0.3, 0.4) is 0 Å². The van der Waals surface area contributed by atoms with Gasteiger partial charge in [0.05, 0.1) is 12.6 Å². The first kappa shape index (κ1) is 17.4. The van der Waals surface area contributed by atoms with Crippen molar-refractivity contribution in [3.8, 4) is 0 Å². The maximum atomic E-state index is 11.8. The molecular formula is C13H28N2O3. The van der Waals surface area contributed by atoms with Crippen LogP contribution in [0.25, 0.3) is 0 Å². The average molecular weight is 260 g/mol. The molecule has 0 aliphatic carbocycles. The van der Waals surface area contributed by atoms with Gasteiger partial charge in [0.15, 0.2) is 0 Å². The van der Waals surface area contributed by atoms with Gasteiger partial charge in [0.25, 0.3) is 0 Å². The van der Waals surface area contributed by atoms with Gasteiger partial charge in [-0.1, -0.05) is 20.8 Å². The molecule has 2 atom stereocenters. The van der Waals surface area contributed by atoms with Crippen molar-refractivity contribution in [3.05, 3.63) is 0 Å². The fourth-order valence-corrected chi connectivity index (χ4v) is 1.94. The van der Waals surface area contributed by atoms with E-state index in [0.717, 1.165) is 6.42 Å². The van der Waals surface area contributed by atoms with Crippen LogP contribution < -0.4 is 11.1 Å². The summed E-state index contributed by atoms with van der Waals surface area (Å²) < 4.78 is 4.99. The lowest BCUT2D eigenvalue weighted by Crippen LogP contribution is -2.41. The molecule has 2 unspecified atom stereocenters. The van der Waals surface area contributed by atoms with Crippen LogP contribution in [0.1, 0.15) is 40.0 Å². The van der Waals surface area contributed by atoms with E-state index in [-0.39, 0.29) is 30.0 Å². The molecule has 0 spiro atoms. The number of ether oxygens (including phenoxy) is 1. The van der Waals surface area contributed by atoms with Crippen molar-refractivity contribution in [2.75, 3.05) is 20.3 Å². The van der Waals surface area contributed by atoms with E-state index in [1.54, 1.807) is 7.11 Å². The Kier molecular flexibility index (Phi) is 8.15. The van der Waals surface area contributed by atoms with Gasteiger partial charge in [-0.15, -0.1) is 0 Å². The molecule has 5 nitrogen and oxygen atoms in total. The largest absolute Gasteiger partial charge is 0.396 e. The quantitative estimate of drug-likeness (QED) is 0.598. The third kappa shape index (κ3) is 9.39. The van der Waals surface area contributed by atoms with Crippen molar-refractivity contribution in [2.24, 2.45) is 11.1 Å². The smallest absolute Gasteiger partial charge is 0.221 e. The molecule has 4 N–H and O–H groups in total. The zero-order valence-electron chi connectivity index (χ0n) is 12.0. The molecule has 0 heterocycles. The Morgan fingerprint density at radius 3 is 2.50 bits per heavy atom. The first-order chi connectivity index (χ1) is 8.28. The topological polar surface area (TPSA) is 84.6 Å². The minimum absolute atomic E-state index is 0.0301. The molecule has 0 fully saturated rings. The van der Waals surface area contributed by atoms with E-state index in [1.165, 1.54) is 0 Å². The number of carbonyl (C=O) groups is 1. The highest BCUT2D eigenvalue weighted by molar-refractivity contribution is 5.76. The molecule has 18 heavy (non-hydrogen) atoms. The fourth-order valence-electron chi connectivity index (χ4n) is 1.94. The number of aliphatic hydroxyl groups excluding tert-OH is 1.